The van der Waals surface area contributed by atoms with Crippen molar-refractivity contribution >= 4 is 13.3 Å². The van der Waals surface area contributed by atoms with Crippen molar-refractivity contribution in [3.05, 3.63) is 0 Å². The molecule has 4 nitrogen and oxygen atoms in total. The van der Waals surface area contributed by atoms with E-state index in [1.165, 1.54) is 70.6 Å². The molecule has 0 aromatic carbocycles. The molecule has 1 unspecified atom stereocenters. The third-order valence-corrected chi connectivity index (χ3v) is 8.08. The van der Waals surface area contributed by atoms with Crippen LogP contribution in [0.15, 0.2) is 0 Å². The lowest BCUT2D eigenvalue weighted by Crippen LogP contribution is -2.03. The number of unbranched alkanes of at least 4 members (excludes halogenated alkanes) is 17. The van der Waals surface area contributed by atoms with Crippen molar-refractivity contribution in [2.24, 2.45) is 0 Å². The highest BCUT2D eigenvalue weighted by Gasteiger charge is 2.16. The first-order valence-electron chi connectivity index (χ1n) is 13.5. The van der Waals surface area contributed by atoms with E-state index in [1.54, 1.807) is 0 Å². The van der Waals surface area contributed by atoms with E-state index >= 15 is 0 Å². The van der Waals surface area contributed by atoms with Crippen LogP contribution < -0.4 is 0 Å². The summed E-state index contributed by atoms with van der Waals surface area (Å²) >= 11 is 0. The molecule has 0 radical (unpaired) electrons. The van der Waals surface area contributed by atoms with Crippen LogP contribution >= 0.6 is 7.37 Å². The maximum atomic E-state index is 12.3. The molecule has 0 heterocycles. The van der Waals surface area contributed by atoms with Crippen molar-refractivity contribution in [2.75, 3.05) is 18.9 Å². The summed E-state index contributed by atoms with van der Waals surface area (Å²) in [6, 6.07) is 0. The molecule has 0 aromatic heterocycles. The molecule has 5 heteroatoms. The molecule has 0 rings (SSSR count). The third-order valence-electron chi connectivity index (χ3n) is 6.05. The molecule has 0 amide bonds. The van der Waals surface area contributed by atoms with Gasteiger partial charge in [0, 0.05) is 18.7 Å². The predicted octanol–water partition coefficient (Wildman–Crippen LogP) is 8.64. The van der Waals surface area contributed by atoms with Gasteiger partial charge in [0.1, 0.15) is 0 Å². The first kappa shape index (κ1) is 30.7. The van der Waals surface area contributed by atoms with Crippen molar-refractivity contribution in [3.63, 3.8) is 0 Å². The van der Waals surface area contributed by atoms with Crippen LogP contribution in [0.25, 0.3) is 0 Å². The second kappa shape index (κ2) is 22.8. The number of hydrogen-bond acceptors (Lipinski definition) is 3. The van der Waals surface area contributed by atoms with E-state index in [2.05, 4.69) is 6.92 Å². The van der Waals surface area contributed by atoms with Gasteiger partial charge in [-0.2, -0.15) is 0 Å². The van der Waals surface area contributed by atoms with E-state index in [9.17, 15) is 14.3 Å². The molecule has 31 heavy (non-hydrogen) atoms. The fraction of sp³-hybridized carbons (Fsp3) is 0.962. The molecule has 0 bridgehead atoms. The maximum Gasteiger partial charge on any atom is 0.305 e. The SMILES string of the molecule is CCCCCCCCCCCCCP(=O)(O)CCCCCCCCCCC(=O)OCC. The molecule has 1 atom stereocenters. The third kappa shape index (κ3) is 24.1. The van der Waals surface area contributed by atoms with Gasteiger partial charge in [0.25, 0.3) is 0 Å². The molecule has 0 aromatic rings. The van der Waals surface area contributed by atoms with Crippen LogP contribution in [0.2, 0.25) is 0 Å². The van der Waals surface area contributed by atoms with Crippen LogP contribution in [0.4, 0.5) is 0 Å². The molecule has 1 N–H and O–H groups in total. The lowest BCUT2D eigenvalue weighted by atomic mass is 10.1. The highest BCUT2D eigenvalue weighted by Crippen LogP contribution is 2.42. The smallest absolute Gasteiger partial charge is 0.305 e. The minimum absolute atomic E-state index is 0.0795. The Bertz CT molecular complexity index is 439. The summed E-state index contributed by atoms with van der Waals surface area (Å²) in [5.74, 6) is -0.0795. The monoisotopic (exact) mass is 460 g/mol. The van der Waals surface area contributed by atoms with Gasteiger partial charge in [0.05, 0.1) is 6.61 Å². The molecule has 0 fully saturated rings. The summed E-state index contributed by atoms with van der Waals surface area (Å²) in [6.45, 7) is 4.57. The van der Waals surface area contributed by atoms with Gasteiger partial charge in [0.15, 0.2) is 0 Å². The summed E-state index contributed by atoms with van der Waals surface area (Å²) in [5, 5.41) is 0. The molecule has 0 saturated carbocycles. The van der Waals surface area contributed by atoms with Gasteiger partial charge in [-0.1, -0.05) is 110 Å². The second-order valence-corrected chi connectivity index (χ2v) is 11.8. The summed E-state index contributed by atoms with van der Waals surface area (Å²) < 4.78 is 17.2. The Morgan fingerprint density at radius 3 is 1.35 bits per heavy atom. The Kier molecular flexibility index (Phi) is 22.6. The van der Waals surface area contributed by atoms with Gasteiger partial charge in [-0.25, -0.2) is 0 Å². The number of esters is 1. The normalized spacial score (nSPS) is 13.3. The first-order valence-corrected chi connectivity index (χ1v) is 15.5. The Hall–Kier alpha value is -0.340. The second-order valence-electron chi connectivity index (χ2n) is 9.21. The minimum atomic E-state index is -2.90. The van der Waals surface area contributed by atoms with Crippen molar-refractivity contribution in [1.29, 1.82) is 0 Å². The zero-order chi connectivity index (χ0) is 23.0. The van der Waals surface area contributed by atoms with Crippen molar-refractivity contribution in [1.82, 2.24) is 0 Å². The highest BCUT2D eigenvalue weighted by molar-refractivity contribution is 7.57. The summed E-state index contributed by atoms with van der Waals surface area (Å²) in [6.07, 6.45) is 24.3. The number of ether oxygens (including phenoxy) is 1. The van der Waals surface area contributed by atoms with Crippen LogP contribution in [-0.2, 0) is 14.1 Å². The van der Waals surface area contributed by atoms with Gasteiger partial charge in [-0.3, -0.25) is 9.36 Å². The Morgan fingerprint density at radius 2 is 0.968 bits per heavy atom. The Balaban J connectivity index is 3.36. The van der Waals surface area contributed by atoms with E-state index in [4.69, 9.17) is 4.74 Å². The van der Waals surface area contributed by atoms with Crippen LogP contribution in [0.5, 0.6) is 0 Å². The molecule has 0 spiro atoms. The standard InChI is InChI=1S/C26H53O4P/c1-3-5-6-7-8-9-10-12-15-18-21-24-31(28,29)25-22-19-16-13-11-14-17-20-23-26(27)30-4-2/h3-25H2,1-2H3,(H,28,29). The minimum Gasteiger partial charge on any atom is -0.466 e. The lowest BCUT2D eigenvalue weighted by Gasteiger charge is -2.11. The Labute approximate surface area is 193 Å². The molecule has 186 valence electrons. The number of carbonyl (C=O) groups excluding carboxylic acids is 1. The fourth-order valence-electron chi connectivity index (χ4n) is 4.06. The zero-order valence-electron chi connectivity index (χ0n) is 20.9. The highest BCUT2D eigenvalue weighted by atomic mass is 31.2. The average molecular weight is 461 g/mol. The van der Waals surface area contributed by atoms with Gasteiger partial charge < -0.3 is 9.63 Å². The largest absolute Gasteiger partial charge is 0.466 e. The van der Waals surface area contributed by atoms with E-state index in [0.717, 1.165) is 51.4 Å². The maximum absolute atomic E-state index is 12.3. The van der Waals surface area contributed by atoms with Crippen molar-refractivity contribution < 1.29 is 19.0 Å². The fourth-order valence-corrected chi connectivity index (χ4v) is 5.72. The molecule has 0 saturated heterocycles. The van der Waals surface area contributed by atoms with E-state index < -0.39 is 7.37 Å². The summed E-state index contributed by atoms with van der Waals surface area (Å²) in [4.78, 5) is 21.4. The van der Waals surface area contributed by atoms with Crippen LogP contribution in [0, 0.1) is 0 Å². The number of carbonyl (C=O) groups is 1. The van der Waals surface area contributed by atoms with E-state index in [-0.39, 0.29) is 5.97 Å². The van der Waals surface area contributed by atoms with Gasteiger partial charge >= 0.3 is 5.97 Å². The zero-order valence-corrected chi connectivity index (χ0v) is 21.8. The molecular weight excluding hydrogens is 407 g/mol. The quantitative estimate of drug-likeness (QED) is 0.0889. The number of rotatable bonds is 24. The first-order chi connectivity index (χ1) is 15.0. The number of hydrogen-bond donors (Lipinski definition) is 1. The average Bonchev–Trinajstić information content (AvgIpc) is 2.73. The van der Waals surface area contributed by atoms with Crippen LogP contribution in [0.1, 0.15) is 142 Å². The summed E-state index contributed by atoms with van der Waals surface area (Å²) in [7, 11) is -2.90. The van der Waals surface area contributed by atoms with E-state index in [0.29, 0.717) is 25.4 Å². The van der Waals surface area contributed by atoms with Gasteiger partial charge in [-0.15, -0.1) is 0 Å². The molecule has 0 aliphatic rings. The van der Waals surface area contributed by atoms with Gasteiger partial charge in [-0.05, 0) is 26.2 Å². The van der Waals surface area contributed by atoms with Crippen molar-refractivity contribution in [2.45, 2.75) is 142 Å². The van der Waals surface area contributed by atoms with E-state index in [1.807, 2.05) is 6.92 Å². The van der Waals surface area contributed by atoms with Gasteiger partial charge in [0.2, 0.25) is 7.37 Å². The van der Waals surface area contributed by atoms with Crippen LogP contribution in [0.3, 0.4) is 0 Å². The van der Waals surface area contributed by atoms with Crippen molar-refractivity contribution in [3.8, 4) is 0 Å². The molecular formula is C26H53O4P. The topological polar surface area (TPSA) is 63.6 Å². The predicted molar refractivity (Wildman–Crippen MR) is 134 cm³/mol. The Morgan fingerprint density at radius 1 is 0.613 bits per heavy atom. The molecule has 0 aliphatic carbocycles. The summed E-state index contributed by atoms with van der Waals surface area (Å²) in [5.41, 5.74) is 0. The molecule has 0 aliphatic heterocycles. The van der Waals surface area contributed by atoms with Crippen LogP contribution in [-0.4, -0.2) is 29.8 Å². The lowest BCUT2D eigenvalue weighted by molar-refractivity contribution is -0.143.